The van der Waals surface area contributed by atoms with Crippen LogP contribution in [0.5, 0.6) is 0 Å². The maximum Gasteiger partial charge on any atom is 0.0237 e. The first-order chi connectivity index (χ1) is 13.5. The molecule has 1 aliphatic rings. The van der Waals surface area contributed by atoms with Crippen molar-refractivity contribution in [3.05, 3.63) is 95.6 Å². The van der Waals surface area contributed by atoms with Crippen molar-refractivity contribution in [3.63, 3.8) is 0 Å². The largest absolute Gasteiger partial charge is 0.143 e. The number of rotatable bonds is 2. The Hall–Kier alpha value is -1.81. The normalized spacial score (nSPS) is 14.5. The zero-order valence-electron chi connectivity index (χ0n) is 15.5. The predicted octanol–water partition coefficient (Wildman–Crippen LogP) is 7.43. The van der Waals surface area contributed by atoms with Crippen LogP contribution < -0.4 is 0 Å². The highest BCUT2D eigenvalue weighted by Gasteiger charge is 2.37. The van der Waals surface area contributed by atoms with Gasteiger partial charge in [-0.1, -0.05) is 73.3 Å². The Morgan fingerprint density at radius 3 is 1.96 bits per heavy atom. The Morgan fingerprint density at radius 1 is 0.714 bits per heavy atom. The van der Waals surface area contributed by atoms with Crippen molar-refractivity contribution in [1.82, 2.24) is 0 Å². The van der Waals surface area contributed by atoms with Crippen molar-refractivity contribution >= 4 is 47.8 Å². The Balaban J connectivity index is 1.68. The van der Waals surface area contributed by atoms with E-state index in [1.807, 2.05) is 11.8 Å². The van der Waals surface area contributed by atoms with E-state index in [4.69, 9.17) is 0 Å². The summed E-state index contributed by atoms with van der Waals surface area (Å²) in [6, 6.07) is 28.5. The number of thiol groups is 2. The molecule has 0 saturated heterocycles. The second-order valence-corrected chi connectivity index (χ2v) is 9.77. The van der Waals surface area contributed by atoms with E-state index in [0.717, 1.165) is 16.2 Å². The standard InChI is InChI=1S/C25H20S3/c1-25(15-16-6-7-17-4-2-3-5-18(17)12-16)21-10-8-19(26)13-23(21)28-24-14-20(27)9-11-22(24)25/h2-14,26-27H,15H2,1H3. The van der Waals surface area contributed by atoms with Crippen molar-refractivity contribution < 1.29 is 0 Å². The zero-order chi connectivity index (χ0) is 19.3. The highest BCUT2D eigenvalue weighted by atomic mass is 32.2. The van der Waals surface area contributed by atoms with Gasteiger partial charge in [0, 0.05) is 25.0 Å². The van der Waals surface area contributed by atoms with Gasteiger partial charge in [-0.3, -0.25) is 0 Å². The van der Waals surface area contributed by atoms with Crippen LogP contribution in [0.2, 0.25) is 0 Å². The van der Waals surface area contributed by atoms with Crippen molar-refractivity contribution in [2.45, 2.75) is 38.3 Å². The molecule has 0 radical (unpaired) electrons. The van der Waals surface area contributed by atoms with Gasteiger partial charge in [-0.05, 0) is 58.1 Å². The van der Waals surface area contributed by atoms with Crippen LogP contribution in [0.4, 0.5) is 0 Å². The van der Waals surface area contributed by atoms with Gasteiger partial charge in [0.1, 0.15) is 0 Å². The maximum atomic E-state index is 4.58. The third kappa shape index (κ3) is 3.06. The van der Waals surface area contributed by atoms with Crippen LogP contribution in [-0.4, -0.2) is 0 Å². The topological polar surface area (TPSA) is 0 Å². The number of fused-ring (bicyclic) bond motifs is 3. The van der Waals surface area contributed by atoms with Gasteiger partial charge < -0.3 is 0 Å². The van der Waals surface area contributed by atoms with E-state index in [0.29, 0.717) is 0 Å². The van der Waals surface area contributed by atoms with Crippen LogP contribution in [0.25, 0.3) is 10.8 Å². The molecule has 0 amide bonds. The van der Waals surface area contributed by atoms with Crippen LogP contribution in [-0.2, 0) is 11.8 Å². The molecular formula is C25H20S3. The summed E-state index contributed by atoms with van der Waals surface area (Å²) in [5.41, 5.74) is 4.02. The molecule has 4 aromatic rings. The summed E-state index contributed by atoms with van der Waals surface area (Å²) >= 11 is 11.0. The van der Waals surface area contributed by atoms with E-state index >= 15 is 0 Å². The van der Waals surface area contributed by atoms with Gasteiger partial charge in [-0.25, -0.2) is 0 Å². The molecule has 138 valence electrons. The van der Waals surface area contributed by atoms with E-state index in [1.54, 1.807) is 0 Å². The SMILES string of the molecule is CC1(Cc2ccc3ccccc3c2)c2ccc(S)cc2Sc2cc(S)ccc21. The van der Waals surface area contributed by atoms with E-state index in [9.17, 15) is 0 Å². The molecule has 1 aliphatic heterocycles. The van der Waals surface area contributed by atoms with Crippen LogP contribution in [0, 0.1) is 0 Å². The lowest BCUT2D eigenvalue weighted by atomic mass is 9.71. The van der Waals surface area contributed by atoms with Gasteiger partial charge in [0.25, 0.3) is 0 Å². The predicted molar refractivity (Wildman–Crippen MR) is 126 cm³/mol. The smallest absolute Gasteiger partial charge is 0.0237 e. The minimum atomic E-state index is -0.0959. The van der Waals surface area contributed by atoms with Crippen molar-refractivity contribution in [2.24, 2.45) is 0 Å². The van der Waals surface area contributed by atoms with Gasteiger partial charge in [-0.15, -0.1) is 25.3 Å². The van der Waals surface area contributed by atoms with Gasteiger partial charge >= 0.3 is 0 Å². The second kappa shape index (κ2) is 6.91. The van der Waals surface area contributed by atoms with Crippen LogP contribution in [0.3, 0.4) is 0 Å². The third-order valence-corrected chi connectivity index (χ3v) is 7.38. The fourth-order valence-corrected chi connectivity index (χ4v) is 6.31. The summed E-state index contributed by atoms with van der Waals surface area (Å²) in [5.74, 6) is 0. The lowest BCUT2D eigenvalue weighted by Crippen LogP contribution is -2.30. The van der Waals surface area contributed by atoms with Crippen LogP contribution in [0.15, 0.2) is 98.4 Å². The molecule has 0 aliphatic carbocycles. The molecule has 0 atom stereocenters. The Bertz CT molecular complexity index is 1160. The Labute approximate surface area is 181 Å². The monoisotopic (exact) mass is 416 g/mol. The highest BCUT2D eigenvalue weighted by Crippen LogP contribution is 2.51. The van der Waals surface area contributed by atoms with E-state index in [2.05, 4.69) is 111 Å². The number of hydrogen-bond donors (Lipinski definition) is 2. The summed E-state index contributed by atoms with van der Waals surface area (Å²) in [4.78, 5) is 4.60. The lowest BCUT2D eigenvalue weighted by Gasteiger charge is -2.38. The average Bonchev–Trinajstić information content (AvgIpc) is 2.67. The van der Waals surface area contributed by atoms with Crippen molar-refractivity contribution in [3.8, 4) is 0 Å². The summed E-state index contributed by atoms with van der Waals surface area (Å²) in [6.45, 7) is 2.37. The van der Waals surface area contributed by atoms with E-state index in [1.165, 1.54) is 37.3 Å². The fourth-order valence-electron chi connectivity index (χ4n) is 4.31. The molecule has 0 fully saturated rings. The molecule has 0 bridgehead atoms. The van der Waals surface area contributed by atoms with Gasteiger partial charge in [0.15, 0.2) is 0 Å². The minimum Gasteiger partial charge on any atom is -0.143 e. The molecule has 0 N–H and O–H groups in total. The minimum absolute atomic E-state index is 0.0959. The Morgan fingerprint density at radius 2 is 1.32 bits per heavy atom. The number of benzene rings is 4. The lowest BCUT2D eigenvalue weighted by molar-refractivity contribution is 0.540. The summed E-state index contributed by atoms with van der Waals surface area (Å²) in [5, 5.41) is 2.58. The summed E-state index contributed by atoms with van der Waals surface area (Å²) in [7, 11) is 0. The first-order valence-electron chi connectivity index (χ1n) is 9.35. The van der Waals surface area contributed by atoms with E-state index < -0.39 is 0 Å². The molecule has 4 aromatic carbocycles. The first kappa shape index (κ1) is 18.2. The summed E-state index contributed by atoms with van der Waals surface area (Å²) < 4.78 is 0. The van der Waals surface area contributed by atoms with Gasteiger partial charge in [-0.2, -0.15) is 0 Å². The molecule has 0 saturated carbocycles. The first-order valence-corrected chi connectivity index (χ1v) is 11.1. The molecule has 3 heteroatoms. The second-order valence-electron chi connectivity index (χ2n) is 7.65. The fraction of sp³-hybridized carbons (Fsp3) is 0.120. The van der Waals surface area contributed by atoms with Gasteiger partial charge in [0.05, 0.1) is 0 Å². The molecule has 0 aromatic heterocycles. The molecule has 0 nitrogen and oxygen atoms in total. The molecule has 28 heavy (non-hydrogen) atoms. The summed E-state index contributed by atoms with van der Waals surface area (Å²) in [6.07, 6.45) is 0.955. The Kier molecular flexibility index (Phi) is 4.50. The number of hydrogen-bond acceptors (Lipinski definition) is 3. The molecular weight excluding hydrogens is 396 g/mol. The van der Waals surface area contributed by atoms with Crippen LogP contribution in [0.1, 0.15) is 23.6 Å². The molecule has 0 spiro atoms. The van der Waals surface area contributed by atoms with Crippen molar-refractivity contribution in [1.29, 1.82) is 0 Å². The van der Waals surface area contributed by atoms with Crippen LogP contribution >= 0.6 is 37.0 Å². The van der Waals surface area contributed by atoms with Gasteiger partial charge in [0.2, 0.25) is 0 Å². The van der Waals surface area contributed by atoms with E-state index in [-0.39, 0.29) is 5.41 Å². The molecule has 0 unspecified atom stereocenters. The quantitative estimate of drug-likeness (QED) is 0.320. The third-order valence-electron chi connectivity index (χ3n) is 5.71. The molecule has 1 heterocycles. The zero-order valence-corrected chi connectivity index (χ0v) is 18.1. The van der Waals surface area contributed by atoms with Crippen molar-refractivity contribution in [2.75, 3.05) is 0 Å². The average molecular weight is 417 g/mol. The maximum absolute atomic E-state index is 4.58. The molecule has 5 rings (SSSR count). The highest BCUT2D eigenvalue weighted by molar-refractivity contribution is 7.99.